The van der Waals surface area contributed by atoms with Gasteiger partial charge in [-0.2, -0.15) is 0 Å². The summed E-state index contributed by atoms with van der Waals surface area (Å²) in [6, 6.07) is 5.11. The number of imidazole rings is 1. The van der Waals surface area contributed by atoms with E-state index in [9.17, 15) is 9.18 Å². The molecule has 0 bridgehead atoms. The van der Waals surface area contributed by atoms with Crippen molar-refractivity contribution in [2.45, 2.75) is 13.5 Å². The van der Waals surface area contributed by atoms with E-state index >= 15 is 0 Å². The number of rotatable bonds is 4. The average molecular weight is 388 g/mol. The Morgan fingerprint density at radius 3 is 2.64 bits per heavy atom. The number of nitrogens with one attached hydrogen (secondary N) is 1. The van der Waals surface area contributed by atoms with Crippen molar-refractivity contribution in [2.24, 2.45) is 4.99 Å². The Kier molecular flexibility index (Phi) is 6.46. The first kappa shape index (κ1) is 19.7. The molecule has 1 saturated heterocycles. The van der Waals surface area contributed by atoms with Crippen molar-refractivity contribution in [2.75, 3.05) is 39.8 Å². The van der Waals surface area contributed by atoms with Crippen LogP contribution in [-0.4, -0.2) is 71.2 Å². The van der Waals surface area contributed by atoms with Crippen LogP contribution in [0.4, 0.5) is 9.18 Å². The monoisotopic (exact) mass is 388 g/mol. The van der Waals surface area contributed by atoms with Gasteiger partial charge in [-0.25, -0.2) is 14.2 Å². The van der Waals surface area contributed by atoms with Crippen LogP contribution in [0.15, 0.2) is 41.9 Å². The smallest absolute Gasteiger partial charge is 0.409 e. The van der Waals surface area contributed by atoms with Crippen LogP contribution < -0.4 is 5.32 Å². The second-order valence-electron chi connectivity index (χ2n) is 6.33. The molecular weight excluding hydrogens is 363 g/mol. The van der Waals surface area contributed by atoms with E-state index in [0.29, 0.717) is 45.0 Å². The molecule has 2 aromatic rings. The Hall–Kier alpha value is -3.10. The number of piperazine rings is 1. The highest BCUT2D eigenvalue weighted by Crippen LogP contribution is 2.15. The number of hydrogen-bond acceptors (Lipinski definition) is 4. The van der Waals surface area contributed by atoms with Gasteiger partial charge in [0.05, 0.1) is 18.6 Å². The second kappa shape index (κ2) is 9.20. The van der Waals surface area contributed by atoms with E-state index in [4.69, 9.17) is 4.74 Å². The van der Waals surface area contributed by atoms with Crippen molar-refractivity contribution >= 4 is 12.1 Å². The maximum absolute atomic E-state index is 14.4. The van der Waals surface area contributed by atoms with Gasteiger partial charge in [-0.1, -0.05) is 6.07 Å². The van der Waals surface area contributed by atoms with Crippen molar-refractivity contribution in [3.8, 4) is 5.69 Å². The van der Waals surface area contributed by atoms with Gasteiger partial charge in [0.2, 0.25) is 0 Å². The molecule has 0 saturated carbocycles. The maximum Gasteiger partial charge on any atom is 0.409 e. The number of hydrogen-bond donors (Lipinski definition) is 1. The Morgan fingerprint density at radius 1 is 1.29 bits per heavy atom. The molecule has 9 heteroatoms. The molecule has 2 heterocycles. The van der Waals surface area contributed by atoms with Gasteiger partial charge in [-0.15, -0.1) is 0 Å². The minimum atomic E-state index is -0.310. The molecule has 1 amide bonds. The molecule has 1 fully saturated rings. The van der Waals surface area contributed by atoms with E-state index in [1.165, 1.54) is 6.07 Å². The largest absolute Gasteiger partial charge is 0.450 e. The number of aromatic nitrogens is 2. The summed E-state index contributed by atoms with van der Waals surface area (Å²) >= 11 is 0. The van der Waals surface area contributed by atoms with Crippen molar-refractivity contribution in [3.05, 3.63) is 48.3 Å². The van der Waals surface area contributed by atoms with Gasteiger partial charge < -0.3 is 24.4 Å². The summed E-state index contributed by atoms with van der Waals surface area (Å²) in [6.45, 7) is 5.09. The standard InChI is InChI=1S/C19H25FN6O2/c1-3-28-19(27)25-10-8-24(9-11-25)18(21-2)23-13-15-4-5-17(16(20)12-15)26-7-6-22-14-26/h4-7,12,14H,3,8-11,13H2,1-2H3,(H,21,23). The molecule has 3 rings (SSSR count). The molecule has 0 atom stereocenters. The van der Waals surface area contributed by atoms with Crippen molar-refractivity contribution in [3.63, 3.8) is 0 Å². The molecular formula is C19H25FN6O2. The number of carbonyl (C=O) groups excluding carboxylic acids is 1. The Balaban J connectivity index is 1.55. The quantitative estimate of drug-likeness (QED) is 0.639. The zero-order valence-electron chi connectivity index (χ0n) is 16.1. The van der Waals surface area contributed by atoms with E-state index < -0.39 is 0 Å². The molecule has 0 radical (unpaired) electrons. The molecule has 1 aliphatic heterocycles. The minimum absolute atomic E-state index is 0.279. The Labute approximate surface area is 163 Å². The fourth-order valence-electron chi connectivity index (χ4n) is 3.10. The van der Waals surface area contributed by atoms with Gasteiger partial charge in [0, 0.05) is 52.2 Å². The molecule has 28 heavy (non-hydrogen) atoms. The number of carbonyl (C=O) groups is 1. The van der Waals surface area contributed by atoms with Crippen LogP contribution in [0, 0.1) is 5.82 Å². The van der Waals surface area contributed by atoms with E-state index in [1.54, 1.807) is 48.2 Å². The molecule has 1 N–H and O–H groups in total. The van der Waals surface area contributed by atoms with Crippen LogP contribution in [0.2, 0.25) is 0 Å². The van der Waals surface area contributed by atoms with Gasteiger partial charge in [-0.3, -0.25) is 4.99 Å². The molecule has 0 unspecified atom stereocenters. The third-order valence-corrected chi connectivity index (χ3v) is 4.56. The van der Waals surface area contributed by atoms with Gasteiger partial charge in [0.15, 0.2) is 5.96 Å². The summed E-state index contributed by atoms with van der Waals surface area (Å²) in [5, 5.41) is 3.26. The van der Waals surface area contributed by atoms with Crippen LogP contribution in [0.1, 0.15) is 12.5 Å². The van der Waals surface area contributed by atoms with Crippen molar-refractivity contribution in [1.29, 1.82) is 0 Å². The van der Waals surface area contributed by atoms with Gasteiger partial charge in [0.1, 0.15) is 5.82 Å². The Bertz CT molecular complexity index is 816. The fraction of sp³-hybridized carbons (Fsp3) is 0.421. The first-order valence-corrected chi connectivity index (χ1v) is 9.26. The predicted molar refractivity (Wildman–Crippen MR) is 104 cm³/mol. The highest BCUT2D eigenvalue weighted by molar-refractivity contribution is 5.80. The number of amides is 1. The lowest BCUT2D eigenvalue weighted by Gasteiger charge is -2.35. The lowest BCUT2D eigenvalue weighted by Crippen LogP contribution is -2.53. The predicted octanol–water partition coefficient (Wildman–Crippen LogP) is 1.86. The average Bonchev–Trinajstić information content (AvgIpc) is 3.24. The molecule has 8 nitrogen and oxygen atoms in total. The first-order chi connectivity index (χ1) is 13.6. The molecule has 150 valence electrons. The number of nitrogens with zero attached hydrogens (tertiary/aromatic N) is 5. The highest BCUT2D eigenvalue weighted by Gasteiger charge is 2.23. The highest BCUT2D eigenvalue weighted by atomic mass is 19.1. The summed E-state index contributed by atoms with van der Waals surface area (Å²) in [6.07, 6.45) is 4.60. The third-order valence-electron chi connectivity index (χ3n) is 4.56. The van der Waals surface area contributed by atoms with Crippen LogP contribution >= 0.6 is 0 Å². The SMILES string of the molecule is CCOC(=O)N1CCN(C(=NC)NCc2ccc(-n3ccnc3)c(F)c2)CC1. The molecule has 1 aromatic carbocycles. The number of ether oxygens (including phenoxy) is 1. The zero-order chi connectivity index (χ0) is 19.9. The summed E-state index contributed by atoms with van der Waals surface area (Å²) < 4.78 is 21.1. The van der Waals surface area contributed by atoms with Crippen LogP contribution in [0.3, 0.4) is 0 Å². The van der Waals surface area contributed by atoms with Gasteiger partial charge in [-0.05, 0) is 24.6 Å². The molecule has 0 aliphatic carbocycles. The fourth-order valence-corrected chi connectivity index (χ4v) is 3.10. The normalized spacial score (nSPS) is 14.9. The van der Waals surface area contributed by atoms with Gasteiger partial charge >= 0.3 is 6.09 Å². The molecule has 1 aromatic heterocycles. The van der Waals surface area contributed by atoms with Crippen molar-refractivity contribution in [1.82, 2.24) is 24.7 Å². The van der Waals surface area contributed by atoms with E-state index in [1.807, 2.05) is 6.07 Å². The lowest BCUT2D eigenvalue weighted by atomic mass is 10.2. The number of halogens is 1. The lowest BCUT2D eigenvalue weighted by molar-refractivity contribution is 0.0914. The van der Waals surface area contributed by atoms with E-state index in [2.05, 4.69) is 20.2 Å². The Morgan fingerprint density at radius 2 is 2.04 bits per heavy atom. The second-order valence-corrected chi connectivity index (χ2v) is 6.33. The van der Waals surface area contributed by atoms with Gasteiger partial charge in [0.25, 0.3) is 0 Å². The van der Waals surface area contributed by atoms with E-state index in [-0.39, 0.29) is 11.9 Å². The molecule has 0 spiro atoms. The summed E-state index contributed by atoms with van der Waals surface area (Å²) in [4.78, 5) is 23.8. The summed E-state index contributed by atoms with van der Waals surface area (Å²) in [5.74, 6) is 0.415. The summed E-state index contributed by atoms with van der Waals surface area (Å²) in [5.41, 5.74) is 1.27. The first-order valence-electron chi connectivity index (χ1n) is 9.26. The number of guanidine groups is 1. The van der Waals surface area contributed by atoms with E-state index in [0.717, 1.165) is 11.5 Å². The molecule has 1 aliphatic rings. The summed E-state index contributed by atoms with van der Waals surface area (Å²) in [7, 11) is 1.71. The zero-order valence-corrected chi connectivity index (χ0v) is 16.1. The number of aliphatic imine (C=N–C) groups is 1. The minimum Gasteiger partial charge on any atom is -0.450 e. The van der Waals surface area contributed by atoms with Crippen LogP contribution in [0.5, 0.6) is 0 Å². The third kappa shape index (κ3) is 4.59. The maximum atomic E-state index is 14.4. The topological polar surface area (TPSA) is 75.0 Å². The van der Waals surface area contributed by atoms with Crippen LogP contribution in [0.25, 0.3) is 5.69 Å². The van der Waals surface area contributed by atoms with Crippen LogP contribution in [-0.2, 0) is 11.3 Å². The van der Waals surface area contributed by atoms with Crippen molar-refractivity contribution < 1.29 is 13.9 Å². The number of benzene rings is 1.